The van der Waals surface area contributed by atoms with Gasteiger partial charge >= 0.3 is 0 Å². The van der Waals surface area contributed by atoms with Crippen molar-refractivity contribution in [3.05, 3.63) is 47.1 Å². The zero-order chi connectivity index (χ0) is 16.8. The van der Waals surface area contributed by atoms with Crippen LogP contribution in [0.4, 0.5) is 0 Å². The highest BCUT2D eigenvalue weighted by atomic mass is 16.2. The first-order valence-electron chi connectivity index (χ1n) is 6.82. The molecular formula is C16H6N4O4. The molecule has 0 bridgehead atoms. The molecule has 24 heavy (non-hydrogen) atoms. The molecule has 4 heterocycles. The first-order chi connectivity index (χ1) is 11.5. The summed E-state index contributed by atoms with van der Waals surface area (Å²) >= 11 is 0. The van der Waals surface area contributed by atoms with E-state index in [9.17, 15) is 19.2 Å². The molecule has 0 aliphatic carbocycles. The van der Waals surface area contributed by atoms with Gasteiger partial charge in [-0.2, -0.15) is 0 Å². The number of ketones is 4. The monoisotopic (exact) mass is 318 g/mol. The van der Waals surface area contributed by atoms with Gasteiger partial charge in [-0.05, 0) is 24.3 Å². The highest BCUT2D eigenvalue weighted by Gasteiger charge is 2.36. The predicted octanol–water partition coefficient (Wildman–Crippen LogP) is -0.124. The van der Waals surface area contributed by atoms with Crippen molar-refractivity contribution in [2.24, 2.45) is 20.0 Å². The maximum atomic E-state index is 12.1. The number of hydrogen-bond donors (Lipinski definition) is 0. The molecule has 4 aliphatic rings. The first-order valence-corrected chi connectivity index (χ1v) is 6.82. The van der Waals surface area contributed by atoms with Crippen LogP contribution in [0.15, 0.2) is 67.1 Å². The lowest BCUT2D eigenvalue weighted by Crippen LogP contribution is -2.36. The number of hydrogen-bond acceptors (Lipinski definition) is 8. The maximum Gasteiger partial charge on any atom is 0.279 e. The number of rotatable bonds is 5. The van der Waals surface area contributed by atoms with Crippen LogP contribution in [0.25, 0.3) is 0 Å². The standard InChI is InChI=1S/C16H6N4O4/c21-13(11-5-9-7(19-11)1-3-17-9)15(23)16(24)14(22)12-6-10-8(20-12)2-4-18-10/h1-6H. The van der Waals surface area contributed by atoms with Crippen molar-refractivity contribution >= 4 is 47.0 Å². The summed E-state index contributed by atoms with van der Waals surface area (Å²) in [6, 6.07) is 0. The molecule has 0 spiro atoms. The Kier molecular flexibility index (Phi) is 2.86. The van der Waals surface area contributed by atoms with Gasteiger partial charge in [-0.3, -0.25) is 29.2 Å². The lowest BCUT2D eigenvalue weighted by molar-refractivity contribution is -0.145. The van der Waals surface area contributed by atoms with E-state index in [1.165, 1.54) is 24.6 Å². The molecule has 8 heteroatoms. The second-order valence-corrected chi connectivity index (χ2v) is 5.03. The van der Waals surface area contributed by atoms with Crippen LogP contribution in [0.3, 0.4) is 0 Å². The van der Waals surface area contributed by atoms with Crippen LogP contribution in [-0.4, -0.2) is 47.0 Å². The Morgan fingerprint density at radius 1 is 0.625 bits per heavy atom. The van der Waals surface area contributed by atoms with Gasteiger partial charge in [0.25, 0.3) is 23.1 Å². The molecular weight excluding hydrogens is 312 g/mol. The van der Waals surface area contributed by atoms with Crippen molar-refractivity contribution in [3.63, 3.8) is 0 Å². The molecule has 8 nitrogen and oxygen atoms in total. The van der Waals surface area contributed by atoms with Crippen molar-refractivity contribution in [3.8, 4) is 0 Å². The number of fused-ring (bicyclic) bond motifs is 2. The van der Waals surface area contributed by atoms with Gasteiger partial charge in [0.05, 0.1) is 22.8 Å². The fraction of sp³-hybridized carbons (Fsp3) is 0. The number of carbonyl (C=O) groups is 4. The number of allylic oxidation sites excluding steroid dienone is 4. The molecule has 4 aliphatic heterocycles. The molecule has 0 aromatic heterocycles. The lowest BCUT2D eigenvalue weighted by atomic mass is 10.0. The zero-order valence-electron chi connectivity index (χ0n) is 11.9. The van der Waals surface area contributed by atoms with Crippen molar-refractivity contribution in [2.75, 3.05) is 0 Å². The third kappa shape index (κ3) is 2.01. The molecule has 0 aromatic rings. The Hall–Kier alpha value is -3.68. The predicted molar refractivity (Wildman–Crippen MR) is 84.2 cm³/mol. The Morgan fingerprint density at radius 3 is 1.42 bits per heavy atom. The molecule has 0 aromatic carbocycles. The van der Waals surface area contributed by atoms with Gasteiger partial charge in [-0.1, -0.05) is 0 Å². The second kappa shape index (κ2) is 4.92. The lowest BCUT2D eigenvalue weighted by Gasteiger charge is -1.97. The number of Topliss-reactive ketones (excluding diaryl/α,β-unsaturated/α-hetero) is 4. The Bertz CT molecular complexity index is 931. The minimum absolute atomic E-state index is 0.213. The smallest absolute Gasteiger partial charge is 0.279 e. The van der Waals surface area contributed by atoms with Crippen LogP contribution < -0.4 is 0 Å². The van der Waals surface area contributed by atoms with Crippen molar-refractivity contribution in [2.45, 2.75) is 0 Å². The molecule has 0 atom stereocenters. The van der Waals surface area contributed by atoms with Gasteiger partial charge in [0.15, 0.2) is 0 Å². The molecule has 0 fully saturated rings. The van der Waals surface area contributed by atoms with E-state index in [0.29, 0.717) is 22.8 Å². The molecule has 0 unspecified atom stereocenters. The molecule has 0 N–H and O–H groups in total. The van der Waals surface area contributed by atoms with E-state index in [1.54, 1.807) is 12.2 Å². The largest absolute Gasteiger partial charge is 0.283 e. The number of nitrogens with zero attached hydrogens (tertiary/aromatic N) is 4. The first kappa shape index (κ1) is 13.9. The average molecular weight is 318 g/mol. The van der Waals surface area contributed by atoms with Crippen molar-refractivity contribution in [1.29, 1.82) is 0 Å². The van der Waals surface area contributed by atoms with E-state index in [2.05, 4.69) is 20.0 Å². The van der Waals surface area contributed by atoms with Crippen LogP contribution in [0, 0.1) is 0 Å². The third-order valence-corrected chi connectivity index (χ3v) is 3.53. The molecule has 114 valence electrons. The Balaban J connectivity index is 1.52. The van der Waals surface area contributed by atoms with Crippen molar-refractivity contribution < 1.29 is 19.2 Å². The van der Waals surface area contributed by atoms with Crippen molar-refractivity contribution in [1.82, 2.24) is 0 Å². The van der Waals surface area contributed by atoms with Gasteiger partial charge in [0, 0.05) is 12.4 Å². The van der Waals surface area contributed by atoms with Crippen LogP contribution in [0.2, 0.25) is 0 Å². The quantitative estimate of drug-likeness (QED) is 0.518. The zero-order valence-corrected chi connectivity index (χ0v) is 11.9. The normalized spacial score (nSPS) is 19.0. The maximum absolute atomic E-state index is 12.1. The fourth-order valence-corrected chi connectivity index (χ4v) is 2.35. The summed E-state index contributed by atoms with van der Waals surface area (Å²) in [5, 5.41) is 0. The van der Waals surface area contributed by atoms with Gasteiger partial charge in [0.1, 0.15) is 11.4 Å². The molecule has 0 amide bonds. The van der Waals surface area contributed by atoms with E-state index < -0.39 is 23.1 Å². The van der Waals surface area contributed by atoms with E-state index in [1.807, 2.05) is 0 Å². The molecule has 0 saturated carbocycles. The van der Waals surface area contributed by atoms with Gasteiger partial charge < -0.3 is 0 Å². The minimum atomic E-state index is -1.45. The Labute approximate surface area is 134 Å². The SMILES string of the molecule is O=C(C(=O)C(=O)C1=NC2=CC=NC2=C1)C(=O)C1=NC2=CC=NC2=C1. The second-order valence-electron chi connectivity index (χ2n) is 5.03. The van der Waals surface area contributed by atoms with E-state index in [0.717, 1.165) is 0 Å². The van der Waals surface area contributed by atoms with E-state index in [4.69, 9.17) is 0 Å². The number of aliphatic imine (C=N–C) groups is 4. The highest BCUT2D eigenvalue weighted by molar-refractivity contribution is 6.93. The van der Waals surface area contributed by atoms with E-state index >= 15 is 0 Å². The fourth-order valence-electron chi connectivity index (χ4n) is 2.35. The Morgan fingerprint density at radius 2 is 1.04 bits per heavy atom. The summed E-state index contributed by atoms with van der Waals surface area (Å²) in [6.45, 7) is 0. The molecule has 4 rings (SSSR count). The minimum Gasteiger partial charge on any atom is -0.283 e. The summed E-state index contributed by atoms with van der Waals surface area (Å²) in [5.41, 5.74) is 1.32. The summed E-state index contributed by atoms with van der Waals surface area (Å²) in [4.78, 5) is 63.8. The summed E-state index contributed by atoms with van der Waals surface area (Å²) < 4.78 is 0. The summed E-state index contributed by atoms with van der Waals surface area (Å²) in [5.74, 6) is -5.18. The summed E-state index contributed by atoms with van der Waals surface area (Å²) in [6.07, 6.45) is 8.73. The van der Waals surface area contributed by atoms with Crippen LogP contribution in [-0.2, 0) is 19.2 Å². The van der Waals surface area contributed by atoms with Crippen LogP contribution >= 0.6 is 0 Å². The summed E-state index contributed by atoms with van der Waals surface area (Å²) in [7, 11) is 0. The van der Waals surface area contributed by atoms with Crippen LogP contribution in [0.5, 0.6) is 0 Å². The van der Waals surface area contributed by atoms with Gasteiger partial charge in [0.2, 0.25) is 0 Å². The van der Waals surface area contributed by atoms with Gasteiger partial charge in [-0.25, -0.2) is 9.98 Å². The van der Waals surface area contributed by atoms with Crippen LogP contribution in [0.1, 0.15) is 0 Å². The number of carbonyl (C=O) groups excluding carboxylic acids is 4. The van der Waals surface area contributed by atoms with E-state index in [-0.39, 0.29) is 11.4 Å². The highest BCUT2D eigenvalue weighted by Crippen LogP contribution is 2.24. The average Bonchev–Trinajstić information content (AvgIpc) is 3.29. The topological polar surface area (TPSA) is 118 Å². The van der Waals surface area contributed by atoms with Gasteiger partial charge in [-0.15, -0.1) is 0 Å². The third-order valence-electron chi connectivity index (χ3n) is 3.53. The molecule has 0 radical (unpaired) electrons. The molecule has 0 saturated heterocycles.